The zero-order valence-electron chi connectivity index (χ0n) is 18.0. The fourth-order valence-corrected chi connectivity index (χ4v) is 3.68. The molecule has 8 N–H and O–H groups in total. The molecule has 14 heteroatoms. The number of fused-ring (bicyclic) bond motifs is 1. The number of nitrogens with two attached hydrogens (primary N) is 1. The fourth-order valence-electron chi connectivity index (χ4n) is 3.68. The Morgan fingerprint density at radius 1 is 1.35 bits per heavy atom. The highest BCUT2D eigenvalue weighted by Gasteiger charge is 2.28. The highest BCUT2D eigenvalue weighted by molar-refractivity contribution is 5.88. The van der Waals surface area contributed by atoms with Gasteiger partial charge in [0.2, 0.25) is 18.3 Å². The molecule has 2 amide bonds. The van der Waals surface area contributed by atoms with Crippen molar-refractivity contribution < 1.29 is 29.4 Å². The van der Waals surface area contributed by atoms with E-state index in [-0.39, 0.29) is 36.8 Å². The number of aromatic amines is 1. The molecule has 2 heterocycles. The number of carboxylic acid groups (broad SMARTS) is 2. The van der Waals surface area contributed by atoms with Crippen LogP contribution in [0.25, 0.3) is 0 Å². The van der Waals surface area contributed by atoms with Gasteiger partial charge in [-0.1, -0.05) is 6.08 Å². The van der Waals surface area contributed by atoms with Crippen LogP contribution < -0.4 is 32.1 Å². The van der Waals surface area contributed by atoms with E-state index in [1.807, 2.05) is 6.08 Å². The van der Waals surface area contributed by atoms with E-state index in [2.05, 4.69) is 25.9 Å². The minimum absolute atomic E-state index is 0.0220. The number of aromatic nitrogens is 2. The largest absolute Gasteiger partial charge is 0.481 e. The number of nitrogens with one attached hydrogen (secondary N) is 4. The minimum atomic E-state index is -1.28. The summed E-state index contributed by atoms with van der Waals surface area (Å²) in [7, 11) is 0. The molecule has 1 aliphatic carbocycles. The van der Waals surface area contributed by atoms with Crippen LogP contribution in [0.5, 0.6) is 0 Å². The summed E-state index contributed by atoms with van der Waals surface area (Å²) in [4.78, 5) is 65.7. The van der Waals surface area contributed by atoms with E-state index in [4.69, 9.17) is 10.8 Å². The highest BCUT2D eigenvalue weighted by atomic mass is 16.4. The molecule has 0 fully saturated rings. The number of carboxylic acids is 2. The smallest absolute Gasteiger partial charge is 0.326 e. The number of amides is 2. The Labute approximate surface area is 192 Å². The van der Waals surface area contributed by atoms with Crippen LogP contribution in [-0.2, 0) is 19.2 Å². The number of allylic oxidation sites excluding steroid dienone is 2. The lowest BCUT2D eigenvalue weighted by molar-refractivity contribution is -0.143. The number of aliphatic carboxylic acids is 2. The second-order valence-electron chi connectivity index (χ2n) is 7.79. The van der Waals surface area contributed by atoms with Crippen molar-refractivity contribution in [1.82, 2.24) is 20.6 Å². The van der Waals surface area contributed by atoms with Gasteiger partial charge in [-0.2, -0.15) is 4.98 Å². The molecule has 0 saturated heterocycles. The predicted octanol–water partition coefficient (Wildman–Crippen LogP) is -0.710. The zero-order valence-corrected chi connectivity index (χ0v) is 18.0. The molecule has 1 unspecified atom stereocenters. The van der Waals surface area contributed by atoms with E-state index >= 15 is 0 Å². The zero-order chi connectivity index (χ0) is 24.8. The van der Waals surface area contributed by atoms with Gasteiger partial charge in [-0.3, -0.25) is 29.1 Å². The molecule has 14 nitrogen and oxygen atoms in total. The predicted molar refractivity (Wildman–Crippen MR) is 119 cm³/mol. The van der Waals surface area contributed by atoms with Crippen molar-refractivity contribution in [2.24, 2.45) is 5.92 Å². The SMILES string of the molecule is Nc1nc2c(c(=O)[nH]1)N(C=O)C(CNC1=CCC(C(=O)N[C@@H](CCC(=O)O)C(=O)O)CC1)=CN2. The van der Waals surface area contributed by atoms with Crippen LogP contribution in [0.1, 0.15) is 32.1 Å². The monoisotopic (exact) mass is 475 g/mol. The molecule has 0 radical (unpaired) electrons. The average molecular weight is 475 g/mol. The average Bonchev–Trinajstić information content (AvgIpc) is 2.79. The van der Waals surface area contributed by atoms with Crippen molar-refractivity contribution in [1.29, 1.82) is 0 Å². The van der Waals surface area contributed by atoms with Gasteiger partial charge in [0.15, 0.2) is 11.5 Å². The summed E-state index contributed by atoms with van der Waals surface area (Å²) >= 11 is 0. The van der Waals surface area contributed by atoms with Crippen LogP contribution in [0.2, 0.25) is 0 Å². The first-order chi connectivity index (χ1) is 16.2. The topological polar surface area (TPSA) is 220 Å². The van der Waals surface area contributed by atoms with Crippen LogP contribution in [-0.4, -0.2) is 57.0 Å². The standard InChI is InChI=1S/C20H25N7O7/c21-20-25-16-15(18(32)26-20)27(9-28)12(8-23-16)7-22-11-3-1-10(2-4-11)17(31)24-13(19(33)34)5-6-14(29)30/h3,8-10,13,22H,1-2,4-7H2,(H,24,31)(H,29,30)(H,33,34)(H4,21,23,25,26,32)/t10?,13-/m0/s1. The first-order valence-corrected chi connectivity index (χ1v) is 10.5. The molecule has 0 saturated carbocycles. The number of carbonyl (C=O) groups excluding carboxylic acids is 2. The van der Waals surface area contributed by atoms with Crippen molar-refractivity contribution in [3.63, 3.8) is 0 Å². The Morgan fingerprint density at radius 3 is 2.74 bits per heavy atom. The Morgan fingerprint density at radius 2 is 2.12 bits per heavy atom. The summed E-state index contributed by atoms with van der Waals surface area (Å²) in [5.41, 5.74) is 6.27. The minimum Gasteiger partial charge on any atom is -0.481 e. The number of rotatable bonds is 10. The Kier molecular flexibility index (Phi) is 7.50. The van der Waals surface area contributed by atoms with Crippen LogP contribution in [0.15, 0.2) is 28.5 Å². The second kappa shape index (κ2) is 10.5. The van der Waals surface area contributed by atoms with Gasteiger partial charge in [-0.15, -0.1) is 0 Å². The Bertz CT molecular complexity index is 1110. The number of anilines is 3. The van der Waals surface area contributed by atoms with Crippen LogP contribution in [0.3, 0.4) is 0 Å². The first-order valence-electron chi connectivity index (χ1n) is 10.5. The summed E-state index contributed by atoms with van der Waals surface area (Å²) < 4.78 is 0. The Hall–Kier alpha value is -4.36. The third kappa shape index (κ3) is 5.70. The van der Waals surface area contributed by atoms with Crippen LogP contribution in [0.4, 0.5) is 17.5 Å². The molecule has 1 aromatic heterocycles. The van der Waals surface area contributed by atoms with E-state index in [1.54, 1.807) is 0 Å². The number of nitrogen functional groups attached to an aromatic ring is 1. The van der Waals surface area contributed by atoms with Gasteiger partial charge in [0, 0.05) is 24.2 Å². The lowest BCUT2D eigenvalue weighted by Gasteiger charge is -2.28. The molecule has 1 aromatic rings. The quantitative estimate of drug-likeness (QED) is 0.209. The normalized spacial score (nSPS) is 17.9. The first kappa shape index (κ1) is 24.3. The summed E-state index contributed by atoms with van der Waals surface area (Å²) in [6, 6.07) is -1.26. The molecule has 0 spiro atoms. The van der Waals surface area contributed by atoms with Crippen molar-refractivity contribution in [3.05, 3.63) is 34.0 Å². The maximum absolute atomic E-state index is 12.4. The van der Waals surface area contributed by atoms with E-state index in [0.717, 1.165) is 10.6 Å². The third-order valence-corrected chi connectivity index (χ3v) is 5.48. The van der Waals surface area contributed by atoms with Crippen molar-refractivity contribution in [3.8, 4) is 0 Å². The molecule has 0 bridgehead atoms. The molecule has 2 aliphatic rings. The highest BCUT2D eigenvalue weighted by Crippen LogP contribution is 2.27. The summed E-state index contributed by atoms with van der Waals surface area (Å²) in [6.07, 6.45) is 4.59. The van der Waals surface area contributed by atoms with E-state index < -0.39 is 35.4 Å². The molecular weight excluding hydrogens is 450 g/mol. The van der Waals surface area contributed by atoms with Gasteiger partial charge in [0.1, 0.15) is 6.04 Å². The Balaban J connectivity index is 1.56. The number of H-pyrrole nitrogens is 1. The molecule has 34 heavy (non-hydrogen) atoms. The van der Waals surface area contributed by atoms with Gasteiger partial charge in [-0.25, -0.2) is 4.79 Å². The fraction of sp³-hybridized carbons (Fsp3) is 0.400. The second-order valence-corrected chi connectivity index (χ2v) is 7.79. The summed E-state index contributed by atoms with van der Waals surface area (Å²) in [6.45, 7) is 0.202. The van der Waals surface area contributed by atoms with Crippen molar-refractivity contribution >= 4 is 41.7 Å². The van der Waals surface area contributed by atoms with Gasteiger partial charge in [0.25, 0.3) is 5.56 Å². The van der Waals surface area contributed by atoms with Gasteiger partial charge in [0.05, 0.1) is 12.2 Å². The van der Waals surface area contributed by atoms with Gasteiger partial charge < -0.3 is 31.9 Å². The molecule has 182 valence electrons. The van der Waals surface area contributed by atoms with E-state index in [9.17, 15) is 29.1 Å². The van der Waals surface area contributed by atoms with Crippen molar-refractivity contribution in [2.45, 2.75) is 38.1 Å². The molecule has 0 aromatic carbocycles. The lowest BCUT2D eigenvalue weighted by Crippen LogP contribution is -2.44. The number of hydrogen-bond acceptors (Lipinski definition) is 9. The number of nitrogens with zero attached hydrogens (tertiary/aromatic N) is 2. The third-order valence-electron chi connectivity index (χ3n) is 5.48. The van der Waals surface area contributed by atoms with Crippen LogP contribution in [0, 0.1) is 5.92 Å². The molecule has 3 rings (SSSR count). The molecule has 2 atom stereocenters. The van der Waals surface area contributed by atoms with Gasteiger partial charge in [-0.05, 0) is 25.7 Å². The number of carbonyl (C=O) groups is 4. The van der Waals surface area contributed by atoms with Gasteiger partial charge >= 0.3 is 11.9 Å². The van der Waals surface area contributed by atoms with E-state index in [0.29, 0.717) is 31.4 Å². The molecular formula is C20H25N7O7. The van der Waals surface area contributed by atoms with Crippen molar-refractivity contribution in [2.75, 3.05) is 22.5 Å². The maximum atomic E-state index is 12.4. The lowest BCUT2D eigenvalue weighted by atomic mass is 9.91. The number of hydrogen-bond donors (Lipinski definition) is 7. The maximum Gasteiger partial charge on any atom is 0.326 e. The molecule has 1 aliphatic heterocycles. The van der Waals surface area contributed by atoms with Crippen LogP contribution >= 0.6 is 0 Å². The summed E-state index contributed by atoms with van der Waals surface area (Å²) in [5, 5.41) is 26.4. The summed E-state index contributed by atoms with van der Waals surface area (Å²) in [5.74, 6) is -3.23. The van der Waals surface area contributed by atoms with E-state index in [1.165, 1.54) is 6.20 Å².